The van der Waals surface area contributed by atoms with Crippen molar-refractivity contribution in [3.05, 3.63) is 48.3 Å². The normalized spacial score (nSPS) is 20.0. The van der Waals surface area contributed by atoms with E-state index in [2.05, 4.69) is 25.7 Å². The van der Waals surface area contributed by atoms with E-state index in [9.17, 15) is 9.90 Å². The Hall–Kier alpha value is -3.00. The van der Waals surface area contributed by atoms with Gasteiger partial charge in [0, 0.05) is 18.4 Å². The molecule has 0 aliphatic heterocycles. The fourth-order valence-electron chi connectivity index (χ4n) is 3.24. The van der Waals surface area contributed by atoms with Gasteiger partial charge in [0.1, 0.15) is 5.82 Å². The highest BCUT2D eigenvalue weighted by atomic mass is 16.3. The first-order chi connectivity index (χ1) is 12.7. The highest BCUT2D eigenvalue weighted by molar-refractivity contribution is 6.03. The number of anilines is 2. The molecule has 0 aromatic carbocycles. The maximum absolute atomic E-state index is 12.2. The molecule has 2 atom stereocenters. The summed E-state index contributed by atoms with van der Waals surface area (Å²) in [5.74, 6) is 0.715. The van der Waals surface area contributed by atoms with Crippen molar-refractivity contribution in [2.75, 3.05) is 10.6 Å². The molecular formula is C18H20N6O2. The van der Waals surface area contributed by atoms with Gasteiger partial charge in [-0.3, -0.25) is 15.1 Å². The van der Waals surface area contributed by atoms with Gasteiger partial charge in [0.05, 0.1) is 11.7 Å². The summed E-state index contributed by atoms with van der Waals surface area (Å²) >= 11 is 0. The molecule has 4 rings (SSSR count). The minimum absolute atomic E-state index is 0.196. The molecule has 1 amide bonds. The third-order valence-corrected chi connectivity index (χ3v) is 4.51. The standard InChI is InChI=1S/C18H20N6O2/c25-14-6-1-5-13(10-14)20-15-7-2-8-16-21-18(23-24(15)16)22-17(26)12-4-3-9-19-11-12/h2-4,7-9,11,13-14,20,25H,1,5-6,10H2,(H,22,23,26). The third kappa shape index (κ3) is 3.50. The summed E-state index contributed by atoms with van der Waals surface area (Å²) in [6, 6.07) is 9.20. The van der Waals surface area contributed by atoms with Crippen LogP contribution in [0.5, 0.6) is 0 Å². The van der Waals surface area contributed by atoms with E-state index in [1.165, 1.54) is 6.20 Å². The number of hydrogen-bond acceptors (Lipinski definition) is 6. The molecule has 0 saturated heterocycles. The molecule has 1 aliphatic carbocycles. The Morgan fingerprint density at radius 1 is 1.23 bits per heavy atom. The van der Waals surface area contributed by atoms with E-state index in [-0.39, 0.29) is 24.0 Å². The summed E-state index contributed by atoms with van der Waals surface area (Å²) in [7, 11) is 0. The van der Waals surface area contributed by atoms with Gasteiger partial charge in [-0.15, -0.1) is 5.10 Å². The molecule has 134 valence electrons. The van der Waals surface area contributed by atoms with Gasteiger partial charge in [0.2, 0.25) is 5.95 Å². The maximum Gasteiger partial charge on any atom is 0.259 e. The minimum atomic E-state index is -0.307. The van der Waals surface area contributed by atoms with Crippen LogP contribution < -0.4 is 10.6 Å². The molecule has 26 heavy (non-hydrogen) atoms. The number of nitrogens with zero attached hydrogens (tertiary/aromatic N) is 4. The topological polar surface area (TPSA) is 104 Å². The summed E-state index contributed by atoms with van der Waals surface area (Å²) < 4.78 is 1.67. The zero-order chi connectivity index (χ0) is 17.9. The monoisotopic (exact) mass is 352 g/mol. The van der Waals surface area contributed by atoms with Crippen LogP contribution in [0, 0.1) is 0 Å². The van der Waals surface area contributed by atoms with Crippen molar-refractivity contribution in [2.45, 2.75) is 37.8 Å². The van der Waals surface area contributed by atoms with Crippen LogP contribution in [-0.2, 0) is 0 Å². The van der Waals surface area contributed by atoms with E-state index in [1.54, 1.807) is 22.8 Å². The van der Waals surface area contributed by atoms with Crippen LogP contribution in [0.15, 0.2) is 42.7 Å². The number of hydrogen-bond donors (Lipinski definition) is 3. The van der Waals surface area contributed by atoms with Crippen molar-refractivity contribution in [3.8, 4) is 0 Å². The first-order valence-corrected chi connectivity index (χ1v) is 8.71. The predicted molar refractivity (Wildman–Crippen MR) is 97.1 cm³/mol. The number of carbonyl (C=O) groups is 1. The lowest BCUT2D eigenvalue weighted by Gasteiger charge is -2.27. The van der Waals surface area contributed by atoms with Gasteiger partial charge in [-0.2, -0.15) is 9.50 Å². The number of aromatic nitrogens is 4. The largest absolute Gasteiger partial charge is 0.393 e. The van der Waals surface area contributed by atoms with E-state index < -0.39 is 0 Å². The fraction of sp³-hybridized carbons (Fsp3) is 0.333. The van der Waals surface area contributed by atoms with Gasteiger partial charge in [-0.1, -0.05) is 6.07 Å². The Balaban J connectivity index is 1.54. The Morgan fingerprint density at radius 3 is 2.96 bits per heavy atom. The molecule has 1 fully saturated rings. The van der Waals surface area contributed by atoms with Crippen LogP contribution in [0.1, 0.15) is 36.0 Å². The highest BCUT2D eigenvalue weighted by Crippen LogP contribution is 2.23. The van der Waals surface area contributed by atoms with Crippen LogP contribution in [0.3, 0.4) is 0 Å². The van der Waals surface area contributed by atoms with Crippen molar-refractivity contribution in [2.24, 2.45) is 0 Å². The molecule has 8 heteroatoms. The van der Waals surface area contributed by atoms with E-state index in [0.717, 1.165) is 31.5 Å². The quantitative estimate of drug-likeness (QED) is 0.664. The second-order valence-electron chi connectivity index (χ2n) is 6.47. The first kappa shape index (κ1) is 16.5. The lowest BCUT2D eigenvalue weighted by Crippen LogP contribution is -2.30. The number of aliphatic hydroxyl groups is 1. The van der Waals surface area contributed by atoms with Crippen molar-refractivity contribution in [1.29, 1.82) is 0 Å². The molecule has 2 unspecified atom stereocenters. The van der Waals surface area contributed by atoms with Crippen molar-refractivity contribution in [3.63, 3.8) is 0 Å². The SMILES string of the molecule is O=C(Nc1nc2cccc(NC3CCCC(O)C3)n2n1)c1cccnc1. The van der Waals surface area contributed by atoms with Crippen LogP contribution in [0.25, 0.3) is 5.65 Å². The molecule has 3 N–H and O–H groups in total. The van der Waals surface area contributed by atoms with Crippen molar-refractivity contribution in [1.82, 2.24) is 19.6 Å². The molecule has 1 saturated carbocycles. The average Bonchev–Trinajstić information content (AvgIpc) is 3.06. The van der Waals surface area contributed by atoms with E-state index in [1.807, 2.05) is 18.2 Å². The lowest BCUT2D eigenvalue weighted by atomic mass is 9.93. The summed E-state index contributed by atoms with van der Waals surface area (Å²) in [5.41, 5.74) is 1.08. The highest BCUT2D eigenvalue weighted by Gasteiger charge is 2.21. The number of amides is 1. The number of fused-ring (bicyclic) bond motifs is 1. The number of pyridine rings is 2. The Bertz CT molecular complexity index is 910. The van der Waals surface area contributed by atoms with Crippen molar-refractivity contribution < 1.29 is 9.90 Å². The zero-order valence-electron chi connectivity index (χ0n) is 14.2. The Morgan fingerprint density at radius 2 is 2.15 bits per heavy atom. The van der Waals surface area contributed by atoms with Crippen LogP contribution in [0.2, 0.25) is 0 Å². The molecule has 8 nitrogen and oxygen atoms in total. The molecule has 0 spiro atoms. The predicted octanol–water partition coefficient (Wildman–Crippen LogP) is 2.09. The van der Waals surface area contributed by atoms with Gasteiger partial charge in [0.15, 0.2) is 5.65 Å². The second-order valence-corrected chi connectivity index (χ2v) is 6.47. The first-order valence-electron chi connectivity index (χ1n) is 8.71. The number of carbonyl (C=O) groups excluding carboxylic acids is 1. The van der Waals surface area contributed by atoms with Gasteiger partial charge in [0.25, 0.3) is 5.91 Å². The van der Waals surface area contributed by atoms with Crippen LogP contribution in [-0.4, -0.2) is 42.7 Å². The summed E-state index contributed by atoms with van der Waals surface area (Å²) in [6.45, 7) is 0. The Labute approximate surface area is 150 Å². The smallest absolute Gasteiger partial charge is 0.259 e. The number of nitrogens with one attached hydrogen (secondary N) is 2. The number of rotatable bonds is 4. The Kier molecular flexibility index (Phi) is 4.49. The summed E-state index contributed by atoms with van der Waals surface area (Å²) in [5, 5.41) is 20.4. The molecule has 3 aromatic heterocycles. The summed E-state index contributed by atoms with van der Waals surface area (Å²) in [6.07, 6.45) is 6.43. The third-order valence-electron chi connectivity index (χ3n) is 4.51. The average molecular weight is 352 g/mol. The molecule has 3 aromatic rings. The molecule has 0 radical (unpaired) electrons. The van der Waals surface area contributed by atoms with Gasteiger partial charge in [-0.25, -0.2) is 0 Å². The second kappa shape index (κ2) is 7.09. The van der Waals surface area contributed by atoms with Crippen LogP contribution in [0.4, 0.5) is 11.8 Å². The van der Waals surface area contributed by atoms with E-state index in [0.29, 0.717) is 11.2 Å². The van der Waals surface area contributed by atoms with Gasteiger partial charge < -0.3 is 10.4 Å². The molecular weight excluding hydrogens is 332 g/mol. The van der Waals surface area contributed by atoms with Gasteiger partial charge in [-0.05, 0) is 49.9 Å². The van der Waals surface area contributed by atoms with Crippen molar-refractivity contribution >= 4 is 23.3 Å². The minimum Gasteiger partial charge on any atom is -0.393 e. The molecule has 0 bridgehead atoms. The van der Waals surface area contributed by atoms with Gasteiger partial charge >= 0.3 is 0 Å². The number of aliphatic hydroxyl groups excluding tert-OH is 1. The molecule has 1 aliphatic rings. The lowest BCUT2D eigenvalue weighted by molar-refractivity contribution is 0.102. The van der Waals surface area contributed by atoms with E-state index >= 15 is 0 Å². The maximum atomic E-state index is 12.2. The zero-order valence-corrected chi connectivity index (χ0v) is 14.2. The summed E-state index contributed by atoms with van der Waals surface area (Å²) in [4.78, 5) is 20.5. The molecule has 3 heterocycles. The fourth-order valence-corrected chi connectivity index (χ4v) is 3.24. The van der Waals surface area contributed by atoms with E-state index in [4.69, 9.17) is 0 Å². The van der Waals surface area contributed by atoms with Crippen LogP contribution >= 0.6 is 0 Å².